The summed E-state index contributed by atoms with van der Waals surface area (Å²) in [6.07, 6.45) is 0. The van der Waals surface area contributed by atoms with Gasteiger partial charge in [0.25, 0.3) is 0 Å². The Bertz CT molecular complexity index is 795. The third kappa shape index (κ3) is 5.16. The first-order valence-corrected chi connectivity index (χ1v) is 10.3. The number of benzene rings is 2. The van der Waals surface area contributed by atoms with Gasteiger partial charge in [-0.3, -0.25) is 0 Å². The van der Waals surface area contributed by atoms with E-state index in [0.29, 0.717) is 36.3 Å². The fourth-order valence-corrected chi connectivity index (χ4v) is 3.64. The molecule has 7 heteroatoms. The zero-order valence-corrected chi connectivity index (χ0v) is 17.8. The summed E-state index contributed by atoms with van der Waals surface area (Å²) in [5.74, 6) is 1.36. The number of hydrogen-bond donors (Lipinski definition) is 1. The van der Waals surface area contributed by atoms with Gasteiger partial charge in [-0.25, -0.2) is 0 Å². The van der Waals surface area contributed by atoms with E-state index in [1.807, 2.05) is 44.2 Å². The summed E-state index contributed by atoms with van der Waals surface area (Å²) in [6, 6.07) is 9.75. The molecule has 1 saturated heterocycles. The molecule has 2 aromatic rings. The van der Waals surface area contributed by atoms with E-state index in [0.717, 1.165) is 48.3 Å². The van der Waals surface area contributed by atoms with Gasteiger partial charge in [0.05, 0.1) is 37.1 Å². The van der Waals surface area contributed by atoms with Crippen molar-refractivity contribution in [3.05, 3.63) is 45.9 Å². The van der Waals surface area contributed by atoms with Crippen molar-refractivity contribution < 1.29 is 14.2 Å². The fourth-order valence-electron chi connectivity index (χ4n) is 3.12. The average molecular weight is 425 g/mol. The molecule has 2 aromatic carbocycles. The summed E-state index contributed by atoms with van der Waals surface area (Å²) in [6.45, 7) is 8.73. The van der Waals surface area contributed by atoms with Crippen molar-refractivity contribution in [2.75, 3.05) is 49.7 Å². The normalized spacial score (nSPS) is 14.1. The van der Waals surface area contributed by atoms with Gasteiger partial charge in [-0.1, -0.05) is 23.2 Å². The molecule has 152 valence electrons. The zero-order valence-electron chi connectivity index (χ0n) is 16.3. The SMILES string of the molecule is CCOc1cc(Cl)c(CNc2ccc(N3CCOCC3)c(Cl)c2)cc1OCC. The highest BCUT2D eigenvalue weighted by atomic mass is 35.5. The van der Waals surface area contributed by atoms with Gasteiger partial charge in [-0.05, 0) is 43.7 Å². The van der Waals surface area contributed by atoms with Crippen LogP contribution in [0.1, 0.15) is 19.4 Å². The van der Waals surface area contributed by atoms with Gasteiger partial charge >= 0.3 is 0 Å². The van der Waals surface area contributed by atoms with E-state index < -0.39 is 0 Å². The van der Waals surface area contributed by atoms with Crippen LogP contribution >= 0.6 is 23.2 Å². The minimum Gasteiger partial charge on any atom is -0.490 e. The lowest BCUT2D eigenvalue weighted by atomic mass is 10.2. The number of halogens is 2. The van der Waals surface area contributed by atoms with Crippen LogP contribution in [0.3, 0.4) is 0 Å². The van der Waals surface area contributed by atoms with Gasteiger partial charge in [0.15, 0.2) is 11.5 Å². The smallest absolute Gasteiger partial charge is 0.162 e. The first-order chi connectivity index (χ1) is 13.6. The fraction of sp³-hybridized carbons (Fsp3) is 0.429. The highest BCUT2D eigenvalue weighted by molar-refractivity contribution is 6.33. The Kier molecular flexibility index (Phi) is 7.54. The van der Waals surface area contributed by atoms with E-state index in [1.54, 1.807) is 0 Å². The van der Waals surface area contributed by atoms with Crippen LogP contribution in [0, 0.1) is 0 Å². The molecular weight excluding hydrogens is 399 g/mol. The molecule has 0 aromatic heterocycles. The van der Waals surface area contributed by atoms with E-state index in [9.17, 15) is 0 Å². The maximum absolute atomic E-state index is 6.51. The van der Waals surface area contributed by atoms with Crippen LogP contribution in [0.25, 0.3) is 0 Å². The standard InChI is InChI=1S/C21H26Cl2N2O3/c1-3-27-20-11-15(17(22)13-21(20)28-4-2)14-24-16-5-6-19(18(23)12-16)25-7-9-26-10-8-25/h5-6,11-13,24H,3-4,7-10,14H2,1-2H3. The number of rotatable bonds is 8. The summed E-state index contributed by atoms with van der Waals surface area (Å²) in [5.41, 5.74) is 2.90. The second-order valence-corrected chi connectivity index (χ2v) is 7.19. The molecule has 0 amide bonds. The van der Waals surface area contributed by atoms with Gasteiger partial charge in [0.2, 0.25) is 0 Å². The molecule has 0 aliphatic carbocycles. The van der Waals surface area contributed by atoms with Crippen molar-refractivity contribution in [1.29, 1.82) is 0 Å². The molecule has 0 radical (unpaired) electrons. The quantitative estimate of drug-likeness (QED) is 0.627. The second kappa shape index (κ2) is 10.1. The van der Waals surface area contributed by atoms with Crippen molar-refractivity contribution in [3.8, 4) is 11.5 Å². The largest absolute Gasteiger partial charge is 0.490 e. The van der Waals surface area contributed by atoms with Crippen LogP contribution in [0.2, 0.25) is 10.0 Å². The van der Waals surface area contributed by atoms with Gasteiger partial charge in [-0.2, -0.15) is 0 Å². The summed E-state index contributed by atoms with van der Waals surface area (Å²) >= 11 is 13.0. The van der Waals surface area contributed by atoms with Crippen molar-refractivity contribution in [2.45, 2.75) is 20.4 Å². The molecule has 0 saturated carbocycles. The maximum atomic E-state index is 6.51. The summed E-state index contributed by atoms with van der Waals surface area (Å²) in [4.78, 5) is 2.24. The van der Waals surface area contributed by atoms with E-state index in [-0.39, 0.29) is 0 Å². The van der Waals surface area contributed by atoms with Crippen molar-refractivity contribution >= 4 is 34.6 Å². The molecule has 0 spiro atoms. The molecule has 0 atom stereocenters. The molecule has 1 N–H and O–H groups in total. The van der Waals surface area contributed by atoms with Gasteiger partial charge in [-0.15, -0.1) is 0 Å². The van der Waals surface area contributed by atoms with E-state index >= 15 is 0 Å². The van der Waals surface area contributed by atoms with Crippen LogP contribution in [0.4, 0.5) is 11.4 Å². The Morgan fingerprint density at radius 1 is 0.964 bits per heavy atom. The Labute approximate surface area is 176 Å². The van der Waals surface area contributed by atoms with Gasteiger partial charge in [0.1, 0.15) is 0 Å². The van der Waals surface area contributed by atoms with E-state index in [2.05, 4.69) is 10.2 Å². The van der Waals surface area contributed by atoms with Crippen LogP contribution in [0.5, 0.6) is 11.5 Å². The van der Waals surface area contributed by atoms with Gasteiger partial charge in [0, 0.05) is 36.4 Å². The van der Waals surface area contributed by atoms with Crippen molar-refractivity contribution in [3.63, 3.8) is 0 Å². The minimum atomic E-state index is 0.554. The first kappa shape index (κ1) is 20.9. The number of anilines is 2. The molecule has 28 heavy (non-hydrogen) atoms. The lowest BCUT2D eigenvalue weighted by Crippen LogP contribution is -2.36. The number of ether oxygens (including phenoxy) is 3. The third-order valence-electron chi connectivity index (χ3n) is 4.49. The molecule has 3 rings (SSSR count). The lowest BCUT2D eigenvalue weighted by molar-refractivity contribution is 0.122. The molecule has 1 fully saturated rings. The Hall–Kier alpha value is -1.82. The zero-order chi connectivity index (χ0) is 19.9. The Balaban J connectivity index is 1.71. The molecule has 1 aliphatic rings. The van der Waals surface area contributed by atoms with Crippen molar-refractivity contribution in [1.82, 2.24) is 0 Å². The number of morpholine rings is 1. The number of hydrogen-bond acceptors (Lipinski definition) is 5. The molecular formula is C21H26Cl2N2O3. The topological polar surface area (TPSA) is 43.0 Å². The molecule has 1 aliphatic heterocycles. The number of nitrogens with one attached hydrogen (secondary N) is 1. The summed E-state index contributed by atoms with van der Waals surface area (Å²) in [7, 11) is 0. The first-order valence-electron chi connectivity index (χ1n) is 9.56. The monoisotopic (exact) mass is 424 g/mol. The highest BCUT2D eigenvalue weighted by Crippen LogP contribution is 2.35. The van der Waals surface area contributed by atoms with E-state index in [1.165, 1.54) is 0 Å². The predicted octanol–water partition coefficient (Wildman–Crippen LogP) is 5.24. The molecule has 1 heterocycles. The Morgan fingerprint density at radius 3 is 2.29 bits per heavy atom. The van der Waals surface area contributed by atoms with Crippen LogP contribution in [0.15, 0.2) is 30.3 Å². The third-order valence-corrected chi connectivity index (χ3v) is 5.15. The molecule has 0 bridgehead atoms. The van der Waals surface area contributed by atoms with Crippen molar-refractivity contribution in [2.24, 2.45) is 0 Å². The van der Waals surface area contributed by atoms with E-state index in [4.69, 9.17) is 37.4 Å². The Morgan fingerprint density at radius 2 is 1.64 bits per heavy atom. The minimum absolute atomic E-state index is 0.554. The summed E-state index contributed by atoms with van der Waals surface area (Å²) < 4.78 is 16.7. The van der Waals surface area contributed by atoms with Crippen LogP contribution < -0.4 is 19.7 Å². The lowest BCUT2D eigenvalue weighted by Gasteiger charge is -2.29. The van der Waals surface area contributed by atoms with Crippen LogP contribution in [-0.2, 0) is 11.3 Å². The molecule has 5 nitrogen and oxygen atoms in total. The van der Waals surface area contributed by atoms with Gasteiger partial charge < -0.3 is 24.4 Å². The second-order valence-electron chi connectivity index (χ2n) is 6.38. The van der Waals surface area contributed by atoms with Crippen LogP contribution in [-0.4, -0.2) is 39.5 Å². The summed E-state index contributed by atoms with van der Waals surface area (Å²) in [5, 5.41) is 4.74. The maximum Gasteiger partial charge on any atom is 0.162 e. The highest BCUT2D eigenvalue weighted by Gasteiger charge is 2.15. The number of nitrogens with zero attached hydrogens (tertiary/aromatic N) is 1. The average Bonchev–Trinajstić information content (AvgIpc) is 2.70. The predicted molar refractivity (Wildman–Crippen MR) is 116 cm³/mol. The molecule has 0 unspecified atom stereocenters.